The Hall–Kier alpha value is -1.52. The second-order valence-corrected chi connectivity index (χ2v) is 4.99. The van der Waals surface area contributed by atoms with Gasteiger partial charge in [-0.15, -0.1) is 22.7 Å². The van der Waals surface area contributed by atoms with Crippen molar-refractivity contribution in [3.63, 3.8) is 0 Å². The van der Waals surface area contributed by atoms with Crippen LogP contribution in [0.1, 0.15) is 19.3 Å². The molecule has 0 unspecified atom stereocenters. The predicted octanol–water partition coefficient (Wildman–Crippen LogP) is 3.43. The van der Waals surface area contributed by atoms with Gasteiger partial charge in [-0.05, 0) is 22.9 Å². The molecule has 2 rings (SSSR count). The van der Waals surface area contributed by atoms with Gasteiger partial charge in [0.05, 0.1) is 15.3 Å². The molecule has 0 saturated heterocycles. The zero-order valence-corrected chi connectivity index (χ0v) is 9.94. The molecule has 0 atom stereocenters. The lowest BCUT2D eigenvalue weighted by molar-refractivity contribution is 0.0967. The van der Waals surface area contributed by atoms with E-state index in [-0.39, 0.29) is 17.1 Å². The molecule has 0 radical (unpaired) electrons. The Bertz CT molecular complexity index is 473. The van der Waals surface area contributed by atoms with E-state index in [2.05, 4.69) is 6.58 Å². The minimum Gasteiger partial charge on any atom is -0.288 e. The first-order valence-electron chi connectivity index (χ1n) is 4.55. The average molecular weight is 248 g/mol. The molecular weight excluding hydrogens is 240 g/mol. The van der Waals surface area contributed by atoms with Crippen molar-refractivity contribution in [2.24, 2.45) is 0 Å². The van der Waals surface area contributed by atoms with Crippen LogP contribution in [0.2, 0.25) is 0 Å². The van der Waals surface area contributed by atoms with Gasteiger partial charge in [-0.2, -0.15) is 0 Å². The second kappa shape index (κ2) is 4.55. The smallest absolute Gasteiger partial charge is 0.206 e. The highest BCUT2D eigenvalue weighted by molar-refractivity contribution is 7.13. The number of hydrogen-bond acceptors (Lipinski definition) is 4. The lowest BCUT2D eigenvalue weighted by Gasteiger charge is -1.99. The third-order valence-electron chi connectivity index (χ3n) is 2.04. The Labute approximate surface area is 101 Å². The number of thiophene rings is 2. The Morgan fingerprint density at radius 2 is 1.38 bits per heavy atom. The fourth-order valence-corrected chi connectivity index (χ4v) is 2.60. The van der Waals surface area contributed by atoms with Gasteiger partial charge in [0.25, 0.3) is 0 Å². The van der Waals surface area contributed by atoms with Gasteiger partial charge in [0.1, 0.15) is 0 Å². The van der Waals surface area contributed by atoms with Crippen LogP contribution >= 0.6 is 22.7 Å². The van der Waals surface area contributed by atoms with Crippen LogP contribution in [0.15, 0.2) is 47.2 Å². The Kier molecular flexibility index (Phi) is 3.12. The number of carbonyl (C=O) groups is 2. The second-order valence-electron chi connectivity index (χ2n) is 3.09. The van der Waals surface area contributed by atoms with Crippen molar-refractivity contribution >= 4 is 34.2 Å². The normalized spacial score (nSPS) is 10.0. The molecular formula is C12H8O2S2. The van der Waals surface area contributed by atoms with Crippen LogP contribution < -0.4 is 0 Å². The molecule has 2 nitrogen and oxygen atoms in total. The third kappa shape index (κ3) is 2.03. The molecule has 0 aliphatic carbocycles. The van der Waals surface area contributed by atoms with Crippen molar-refractivity contribution in [3.8, 4) is 0 Å². The van der Waals surface area contributed by atoms with Crippen molar-refractivity contribution in [1.29, 1.82) is 0 Å². The van der Waals surface area contributed by atoms with Gasteiger partial charge < -0.3 is 0 Å². The maximum absolute atomic E-state index is 11.8. The molecule has 0 aliphatic heterocycles. The van der Waals surface area contributed by atoms with Gasteiger partial charge in [-0.3, -0.25) is 9.59 Å². The third-order valence-corrected chi connectivity index (χ3v) is 3.78. The first-order chi connectivity index (χ1) is 7.70. The maximum Gasteiger partial charge on any atom is 0.206 e. The summed E-state index contributed by atoms with van der Waals surface area (Å²) in [6.07, 6.45) is 0. The van der Waals surface area contributed by atoms with E-state index in [0.717, 1.165) is 0 Å². The lowest BCUT2D eigenvalue weighted by atomic mass is 10.1. The fraction of sp³-hybridized carbons (Fsp3) is 0. The van der Waals surface area contributed by atoms with Crippen molar-refractivity contribution in [2.45, 2.75) is 0 Å². The average Bonchev–Trinajstić information content (AvgIpc) is 2.97. The van der Waals surface area contributed by atoms with Gasteiger partial charge in [0.2, 0.25) is 11.6 Å². The highest BCUT2D eigenvalue weighted by atomic mass is 32.1. The number of allylic oxidation sites excluding steroid dienone is 1. The molecule has 0 N–H and O–H groups in total. The first-order valence-corrected chi connectivity index (χ1v) is 6.31. The van der Waals surface area contributed by atoms with Gasteiger partial charge in [0, 0.05) is 0 Å². The molecule has 0 aromatic carbocycles. The highest BCUT2D eigenvalue weighted by Gasteiger charge is 2.20. The summed E-state index contributed by atoms with van der Waals surface area (Å²) in [5.41, 5.74) is 0.0323. The van der Waals surface area contributed by atoms with E-state index >= 15 is 0 Å². The molecule has 0 amide bonds. The van der Waals surface area contributed by atoms with Gasteiger partial charge in [0.15, 0.2) is 0 Å². The maximum atomic E-state index is 11.8. The van der Waals surface area contributed by atoms with Gasteiger partial charge in [-0.1, -0.05) is 18.7 Å². The van der Waals surface area contributed by atoms with Crippen molar-refractivity contribution < 1.29 is 9.59 Å². The van der Waals surface area contributed by atoms with E-state index in [1.807, 2.05) is 0 Å². The molecule has 16 heavy (non-hydrogen) atoms. The number of hydrogen-bond donors (Lipinski definition) is 0. The van der Waals surface area contributed by atoms with E-state index < -0.39 is 0 Å². The van der Waals surface area contributed by atoms with E-state index in [1.54, 1.807) is 35.0 Å². The number of rotatable bonds is 4. The molecule has 0 bridgehead atoms. The van der Waals surface area contributed by atoms with Crippen molar-refractivity contribution in [1.82, 2.24) is 0 Å². The van der Waals surface area contributed by atoms with Crippen molar-refractivity contribution in [3.05, 3.63) is 56.9 Å². The summed E-state index contributed by atoms with van der Waals surface area (Å²) in [4.78, 5) is 24.8. The number of Topliss-reactive ketones (excluding diaryl/α,β-unsaturated/α-hetero) is 2. The summed E-state index contributed by atoms with van der Waals surface area (Å²) < 4.78 is 0. The predicted molar refractivity (Wildman–Crippen MR) is 66.4 cm³/mol. The molecule has 80 valence electrons. The standard InChI is InChI=1S/C12H8O2S2/c1-8(11(13)9-4-2-6-15-9)12(14)10-5-3-7-16-10/h2-7H,1H2. The van der Waals surface area contributed by atoms with Crippen LogP contribution in [0, 0.1) is 0 Å². The summed E-state index contributed by atoms with van der Waals surface area (Å²) in [5.74, 6) is -0.568. The topological polar surface area (TPSA) is 34.1 Å². The highest BCUT2D eigenvalue weighted by Crippen LogP contribution is 2.19. The summed E-state index contributed by atoms with van der Waals surface area (Å²) in [7, 11) is 0. The van der Waals surface area contributed by atoms with Crippen molar-refractivity contribution in [2.75, 3.05) is 0 Å². The zero-order valence-electron chi connectivity index (χ0n) is 8.30. The molecule has 2 aromatic heterocycles. The number of carbonyl (C=O) groups excluding carboxylic acids is 2. The van der Waals surface area contributed by atoms with E-state index in [0.29, 0.717) is 9.75 Å². The Balaban J connectivity index is 2.21. The van der Waals surface area contributed by atoms with E-state index in [4.69, 9.17) is 0 Å². The van der Waals surface area contributed by atoms with E-state index in [9.17, 15) is 9.59 Å². The number of ketones is 2. The molecule has 0 spiro atoms. The van der Waals surface area contributed by atoms with Gasteiger partial charge >= 0.3 is 0 Å². The molecule has 0 saturated carbocycles. The first kappa shape index (κ1) is 11.0. The lowest BCUT2D eigenvalue weighted by Crippen LogP contribution is -2.10. The van der Waals surface area contributed by atoms with Crippen LogP contribution in [0.5, 0.6) is 0 Å². The van der Waals surface area contributed by atoms with Gasteiger partial charge in [-0.25, -0.2) is 0 Å². The quantitative estimate of drug-likeness (QED) is 0.359. The minimum atomic E-state index is -0.284. The fourth-order valence-electron chi connectivity index (χ4n) is 1.22. The molecule has 0 aliphatic rings. The summed E-state index contributed by atoms with van der Waals surface area (Å²) in [6.45, 7) is 3.58. The van der Waals surface area contributed by atoms with Crippen LogP contribution in [-0.4, -0.2) is 11.6 Å². The van der Waals surface area contributed by atoms with Crippen LogP contribution in [0.3, 0.4) is 0 Å². The molecule has 2 heterocycles. The van der Waals surface area contributed by atoms with E-state index in [1.165, 1.54) is 22.7 Å². The monoisotopic (exact) mass is 248 g/mol. The van der Waals surface area contributed by atoms with Crippen LogP contribution in [-0.2, 0) is 0 Å². The Morgan fingerprint density at radius 3 is 1.69 bits per heavy atom. The zero-order chi connectivity index (χ0) is 11.5. The van der Waals surface area contributed by atoms with Crippen LogP contribution in [0.25, 0.3) is 0 Å². The summed E-state index contributed by atoms with van der Waals surface area (Å²) >= 11 is 2.63. The summed E-state index contributed by atoms with van der Waals surface area (Å²) in [6, 6.07) is 6.95. The Morgan fingerprint density at radius 1 is 0.938 bits per heavy atom. The SMILES string of the molecule is C=C(C(=O)c1cccs1)C(=O)c1cccs1. The summed E-state index contributed by atoms with van der Waals surface area (Å²) in [5, 5.41) is 3.60. The minimum absolute atomic E-state index is 0.0323. The van der Waals surface area contributed by atoms with Crippen LogP contribution in [0.4, 0.5) is 0 Å². The largest absolute Gasteiger partial charge is 0.288 e. The molecule has 2 aromatic rings. The molecule has 0 fully saturated rings. The molecule has 4 heteroatoms.